The van der Waals surface area contributed by atoms with Gasteiger partial charge in [-0.3, -0.25) is 13.9 Å². The van der Waals surface area contributed by atoms with Gasteiger partial charge in [0.2, 0.25) is 21.8 Å². The highest BCUT2D eigenvalue weighted by molar-refractivity contribution is 7.92. The molecule has 0 heterocycles. The molecule has 0 fully saturated rings. The third kappa shape index (κ3) is 8.86. The van der Waals surface area contributed by atoms with E-state index in [1.165, 1.54) is 4.31 Å². The molecular formula is C27H39N3O5S. The first-order valence-electron chi connectivity index (χ1n) is 12.1. The van der Waals surface area contributed by atoms with Crippen LogP contribution in [0.1, 0.15) is 52.5 Å². The van der Waals surface area contributed by atoms with Crippen LogP contribution in [-0.2, 0) is 26.2 Å². The van der Waals surface area contributed by atoms with Crippen LogP contribution in [0.3, 0.4) is 0 Å². The Morgan fingerprint density at radius 2 is 1.64 bits per heavy atom. The van der Waals surface area contributed by atoms with Gasteiger partial charge in [0.05, 0.1) is 19.1 Å². The molecule has 9 heteroatoms. The maximum Gasteiger partial charge on any atom is 0.243 e. The number of carbonyl (C=O) groups is 2. The van der Waals surface area contributed by atoms with Crippen LogP contribution >= 0.6 is 0 Å². The number of carbonyl (C=O) groups excluding carboxylic acids is 2. The van der Waals surface area contributed by atoms with Crippen LogP contribution in [0.5, 0.6) is 5.75 Å². The lowest BCUT2D eigenvalue weighted by molar-refractivity contribution is -0.142. The fourth-order valence-electron chi connectivity index (χ4n) is 3.90. The van der Waals surface area contributed by atoms with Crippen molar-refractivity contribution in [2.45, 2.75) is 65.1 Å². The van der Waals surface area contributed by atoms with E-state index in [1.807, 2.05) is 58.0 Å². The molecule has 0 bridgehead atoms. The Balaban J connectivity index is 2.20. The second kappa shape index (κ2) is 12.8. The first kappa shape index (κ1) is 29.2. The largest absolute Gasteiger partial charge is 0.497 e. The number of ether oxygens (including phenoxy) is 1. The van der Waals surface area contributed by atoms with Crippen molar-refractivity contribution in [3.05, 3.63) is 60.2 Å². The third-order valence-corrected chi connectivity index (χ3v) is 6.79. The lowest BCUT2D eigenvalue weighted by Gasteiger charge is -2.33. The molecule has 0 saturated carbocycles. The van der Waals surface area contributed by atoms with E-state index in [-0.39, 0.29) is 24.8 Å². The predicted molar refractivity (Wildman–Crippen MR) is 143 cm³/mol. The summed E-state index contributed by atoms with van der Waals surface area (Å²) < 4.78 is 31.4. The van der Waals surface area contributed by atoms with Gasteiger partial charge in [0.1, 0.15) is 11.8 Å². The van der Waals surface area contributed by atoms with Crippen molar-refractivity contribution >= 4 is 27.5 Å². The third-order valence-electron chi connectivity index (χ3n) is 5.59. The number of rotatable bonds is 12. The van der Waals surface area contributed by atoms with Gasteiger partial charge in [-0.2, -0.15) is 0 Å². The van der Waals surface area contributed by atoms with Gasteiger partial charge < -0.3 is 15.0 Å². The molecule has 0 radical (unpaired) electrons. The zero-order chi connectivity index (χ0) is 26.9. The topological polar surface area (TPSA) is 96.0 Å². The van der Waals surface area contributed by atoms with E-state index >= 15 is 0 Å². The van der Waals surface area contributed by atoms with Crippen LogP contribution in [0.25, 0.3) is 0 Å². The lowest BCUT2D eigenvalue weighted by atomic mass is 10.0. The molecule has 2 aromatic carbocycles. The van der Waals surface area contributed by atoms with Crippen LogP contribution < -0.4 is 14.4 Å². The number of nitrogens with one attached hydrogen (secondary N) is 1. The highest BCUT2D eigenvalue weighted by Crippen LogP contribution is 2.22. The number of hydrogen-bond donors (Lipinski definition) is 1. The highest BCUT2D eigenvalue weighted by Gasteiger charge is 2.30. The normalized spacial score (nSPS) is 12.5. The molecule has 0 unspecified atom stereocenters. The Morgan fingerprint density at radius 3 is 2.14 bits per heavy atom. The summed E-state index contributed by atoms with van der Waals surface area (Å²) in [5.74, 6) is 0.223. The molecule has 1 N–H and O–H groups in total. The predicted octanol–water partition coefficient (Wildman–Crippen LogP) is 3.96. The summed E-state index contributed by atoms with van der Waals surface area (Å²) in [5, 5.41) is 2.99. The van der Waals surface area contributed by atoms with Crippen molar-refractivity contribution in [2.75, 3.05) is 24.2 Å². The summed E-state index contributed by atoms with van der Waals surface area (Å²) in [6.07, 6.45) is 2.02. The van der Waals surface area contributed by atoms with Crippen LogP contribution in [0.15, 0.2) is 54.6 Å². The molecule has 0 saturated heterocycles. The lowest BCUT2D eigenvalue weighted by Crippen LogP contribution is -2.53. The molecule has 0 aliphatic rings. The molecule has 2 amide bonds. The van der Waals surface area contributed by atoms with Crippen LogP contribution in [0.2, 0.25) is 0 Å². The van der Waals surface area contributed by atoms with Gasteiger partial charge in [0.25, 0.3) is 0 Å². The van der Waals surface area contributed by atoms with E-state index in [0.29, 0.717) is 30.8 Å². The van der Waals surface area contributed by atoms with Crippen LogP contribution in [0.4, 0.5) is 5.69 Å². The maximum atomic E-state index is 13.4. The standard InChI is InChI=1S/C27H39N3O5S/c1-7-24(26(32)28-27(2,3)4)29(20-21-12-9-8-10-13-21)25(31)14-11-19-30(36(6,33)34)22-15-17-23(35-5)18-16-22/h8-10,12-13,15-18,24H,7,11,14,19-20H2,1-6H3,(H,28,32)/t24-/m0/s1. The van der Waals surface area contributed by atoms with Gasteiger partial charge in [0.15, 0.2) is 0 Å². The summed E-state index contributed by atoms with van der Waals surface area (Å²) in [5.41, 5.74) is 0.993. The zero-order valence-electron chi connectivity index (χ0n) is 22.2. The number of methoxy groups -OCH3 is 1. The number of sulfonamides is 1. The Morgan fingerprint density at radius 1 is 1.03 bits per heavy atom. The minimum atomic E-state index is -3.56. The van der Waals surface area contributed by atoms with Gasteiger partial charge >= 0.3 is 0 Å². The van der Waals surface area contributed by atoms with E-state index in [2.05, 4.69) is 5.32 Å². The van der Waals surface area contributed by atoms with Gasteiger partial charge in [-0.1, -0.05) is 37.3 Å². The second-order valence-electron chi connectivity index (χ2n) is 9.81. The number of amides is 2. The Kier molecular flexibility index (Phi) is 10.3. The maximum absolute atomic E-state index is 13.4. The monoisotopic (exact) mass is 517 g/mol. The Bertz CT molecular complexity index is 1100. The Hall–Kier alpha value is -3.07. The van der Waals surface area contributed by atoms with E-state index in [9.17, 15) is 18.0 Å². The molecule has 0 spiro atoms. The first-order chi connectivity index (χ1) is 16.9. The van der Waals surface area contributed by atoms with Crippen molar-refractivity contribution in [1.29, 1.82) is 0 Å². The summed E-state index contributed by atoms with van der Waals surface area (Å²) in [7, 11) is -2.01. The van der Waals surface area contributed by atoms with E-state index in [4.69, 9.17) is 4.74 Å². The fourth-order valence-corrected chi connectivity index (χ4v) is 4.87. The van der Waals surface area contributed by atoms with Crippen molar-refractivity contribution in [3.63, 3.8) is 0 Å². The SMILES string of the molecule is CC[C@@H](C(=O)NC(C)(C)C)N(Cc1ccccc1)C(=O)CCCN(c1ccc(OC)cc1)S(C)(=O)=O. The van der Waals surface area contributed by atoms with E-state index in [0.717, 1.165) is 11.8 Å². The average Bonchev–Trinajstić information content (AvgIpc) is 2.80. The quantitative estimate of drug-likeness (QED) is 0.460. The molecule has 1 atom stereocenters. The van der Waals surface area contributed by atoms with Gasteiger partial charge in [0, 0.05) is 25.0 Å². The number of nitrogens with zero attached hydrogens (tertiary/aromatic N) is 2. The summed E-state index contributed by atoms with van der Waals surface area (Å²) >= 11 is 0. The van der Waals surface area contributed by atoms with Gasteiger partial charge in [-0.25, -0.2) is 8.42 Å². The average molecular weight is 518 g/mol. The molecule has 8 nitrogen and oxygen atoms in total. The Labute approximate surface area is 215 Å². The minimum absolute atomic E-state index is 0.105. The summed E-state index contributed by atoms with van der Waals surface area (Å²) in [4.78, 5) is 28.1. The molecule has 0 aromatic heterocycles. The molecule has 2 rings (SSSR count). The van der Waals surface area contributed by atoms with E-state index < -0.39 is 21.6 Å². The molecule has 0 aliphatic heterocycles. The van der Waals surface area contributed by atoms with Crippen molar-refractivity contribution in [3.8, 4) is 5.75 Å². The highest BCUT2D eigenvalue weighted by atomic mass is 32.2. The van der Waals surface area contributed by atoms with Crippen molar-refractivity contribution in [1.82, 2.24) is 10.2 Å². The van der Waals surface area contributed by atoms with E-state index in [1.54, 1.807) is 36.3 Å². The molecular weight excluding hydrogens is 478 g/mol. The van der Waals surface area contributed by atoms with Gasteiger partial charge in [-0.15, -0.1) is 0 Å². The summed E-state index contributed by atoms with van der Waals surface area (Å²) in [6.45, 7) is 8.03. The van der Waals surface area contributed by atoms with Crippen LogP contribution in [-0.4, -0.2) is 56.6 Å². The van der Waals surface area contributed by atoms with Crippen molar-refractivity contribution in [2.24, 2.45) is 0 Å². The van der Waals surface area contributed by atoms with Crippen LogP contribution in [0, 0.1) is 0 Å². The van der Waals surface area contributed by atoms with Gasteiger partial charge in [-0.05, 0) is 63.4 Å². The zero-order valence-corrected chi connectivity index (χ0v) is 23.0. The fraction of sp³-hybridized carbons (Fsp3) is 0.481. The summed E-state index contributed by atoms with van der Waals surface area (Å²) in [6, 6.07) is 15.6. The minimum Gasteiger partial charge on any atom is -0.497 e. The number of hydrogen-bond acceptors (Lipinski definition) is 5. The second-order valence-corrected chi connectivity index (χ2v) is 11.7. The molecule has 198 valence electrons. The molecule has 2 aromatic rings. The molecule has 36 heavy (non-hydrogen) atoms. The van der Waals surface area contributed by atoms with Crippen molar-refractivity contribution < 1.29 is 22.7 Å². The number of anilines is 1. The molecule has 0 aliphatic carbocycles. The number of benzene rings is 2. The smallest absolute Gasteiger partial charge is 0.243 e. The first-order valence-corrected chi connectivity index (χ1v) is 14.0.